The number of hydrogen-bond acceptors (Lipinski definition) is 5. The fraction of sp³-hybridized carbons (Fsp3) is 0.800. The summed E-state index contributed by atoms with van der Waals surface area (Å²) in [7, 11) is 0. The number of anilines is 1. The molecule has 2 rings (SSSR count). The summed E-state index contributed by atoms with van der Waals surface area (Å²) in [5.41, 5.74) is 0. The Morgan fingerprint density at radius 3 is 2.70 bits per heavy atom. The van der Waals surface area contributed by atoms with Crippen molar-refractivity contribution in [2.24, 2.45) is 0 Å². The van der Waals surface area contributed by atoms with Gasteiger partial charge in [-0.1, -0.05) is 9.59 Å². The number of aromatic nitrogens is 3. The second-order valence-electron chi connectivity index (χ2n) is 2.34. The Balaban J connectivity index is 2.12. The normalized spacial score (nSPS) is 18.2. The lowest BCUT2D eigenvalue weighted by Gasteiger charge is -2.09. The van der Waals surface area contributed by atoms with E-state index in [0.29, 0.717) is 0 Å². The maximum atomic E-state index is 3.88. The van der Waals surface area contributed by atoms with Gasteiger partial charge >= 0.3 is 0 Å². The van der Waals surface area contributed by atoms with Crippen molar-refractivity contribution in [2.75, 3.05) is 18.0 Å². The molecule has 0 saturated carbocycles. The van der Waals surface area contributed by atoms with E-state index in [1.807, 2.05) is 0 Å². The van der Waals surface area contributed by atoms with Crippen LogP contribution in [0.4, 0.5) is 5.13 Å². The van der Waals surface area contributed by atoms with E-state index in [0.717, 1.165) is 18.2 Å². The molecule has 4 nitrogen and oxygen atoms in total. The van der Waals surface area contributed by atoms with Gasteiger partial charge in [0.2, 0.25) is 5.13 Å². The zero-order valence-corrected chi connectivity index (χ0v) is 6.34. The highest BCUT2D eigenvalue weighted by Crippen LogP contribution is 2.18. The van der Waals surface area contributed by atoms with E-state index in [4.69, 9.17) is 0 Å². The van der Waals surface area contributed by atoms with Gasteiger partial charge in [0.25, 0.3) is 0 Å². The first kappa shape index (κ1) is 6.03. The van der Waals surface area contributed by atoms with Crippen molar-refractivity contribution in [3.63, 3.8) is 0 Å². The Kier molecular flexibility index (Phi) is 1.50. The standard InChI is InChI=1S/C5H8N4S/c1-2-4-9(3-1)5-6-7-8-10-5/h1-4H2. The molecular weight excluding hydrogens is 148 g/mol. The molecule has 1 aromatic heterocycles. The molecule has 0 N–H and O–H groups in total. The molecule has 0 spiro atoms. The summed E-state index contributed by atoms with van der Waals surface area (Å²) >= 11 is 1.37. The van der Waals surface area contributed by atoms with Gasteiger partial charge in [0.1, 0.15) is 0 Å². The maximum Gasteiger partial charge on any atom is 0.227 e. The topological polar surface area (TPSA) is 41.9 Å². The quantitative estimate of drug-likeness (QED) is 0.595. The molecule has 0 aliphatic carbocycles. The monoisotopic (exact) mass is 156 g/mol. The summed E-state index contributed by atoms with van der Waals surface area (Å²) in [6, 6.07) is 0. The van der Waals surface area contributed by atoms with Gasteiger partial charge in [-0.05, 0) is 18.1 Å². The zero-order valence-electron chi connectivity index (χ0n) is 5.53. The predicted molar refractivity (Wildman–Crippen MR) is 39.2 cm³/mol. The maximum absolute atomic E-state index is 3.88. The summed E-state index contributed by atoms with van der Waals surface area (Å²) in [5.74, 6) is 0. The Hall–Kier alpha value is -0.710. The predicted octanol–water partition coefficient (Wildman–Crippen LogP) is 0.533. The number of nitrogens with zero attached hydrogens (tertiary/aromatic N) is 4. The Bertz CT molecular complexity index is 191. The minimum atomic E-state index is 0.970. The molecule has 1 aromatic rings. The van der Waals surface area contributed by atoms with E-state index in [9.17, 15) is 0 Å². The van der Waals surface area contributed by atoms with Gasteiger partial charge in [-0.15, -0.1) is 0 Å². The van der Waals surface area contributed by atoms with Crippen LogP contribution in [0, 0.1) is 0 Å². The molecule has 0 amide bonds. The highest BCUT2D eigenvalue weighted by molar-refractivity contribution is 7.09. The Morgan fingerprint density at radius 2 is 2.10 bits per heavy atom. The third kappa shape index (κ3) is 0.965. The fourth-order valence-corrected chi connectivity index (χ4v) is 1.68. The highest BCUT2D eigenvalue weighted by atomic mass is 32.1. The van der Waals surface area contributed by atoms with E-state index >= 15 is 0 Å². The van der Waals surface area contributed by atoms with Crippen LogP contribution in [0.1, 0.15) is 12.8 Å². The molecule has 0 unspecified atom stereocenters. The molecule has 0 atom stereocenters. The molecule has 1 aliphatic rings. The first-order chi connectivity index (χ1) is 4.97. The Morgan fingerprint density at radius 1 is 1.30 bits per heavy atom. The van der Waals surface area contributed by atoms with E-state index in [2.05, 4.69) is 19.7 Å². The first-order valence-corrected chi connectivity index (χ1v) is 4.14. The highest BCUT2D eigenvalue weighted by Gasteiger charge is 2.14. The van der Waals surface area contributed by atoms with Crippen molar-refractivity contribution in [1.82, 2.24) is 14.8 Å². The zero-order chi connectivity index (χ0) is 6.81. The van der Waals surface area contributed by atoms with Crippen LogP contribution in [0.3, 0.4) is 0 Å². The molecule has 1 fully saturated rings. The van der Waals surface area contributed by atoms with Gasteiger partial charge in [0.15, 0.2) is 0 Å². The van der Waals surface area contributed by atoms with Crippen LogP contribution < -0.4 is 4.90 Å². The number of hydrogen-bond donors (Lipinski definition) is 0. The van der Waals surface area contributed by atoms with Crippen LogP contribution in [0.15, 0.2) is 0 Å². The lowest BCUT2D eigenvalue weighted by molar-refractivity contribution is 0.895. The Labute approximate surface area is 63.0 Å². The van der Waals surface area contributed by atoms with Crippen LogP contribution in [-0.2, 0) is 0 Å². The van der Waals surface area contributed by atoms with Gasteiger partial charge in [0, 0.05) is 24.6 Å². The van der Waals surface area contributed by atoms with Gasteiger partial charge < -0.3 is 4.90 Å². The largest absolute Gasteiger partial charge is 0.345 e. The molecule has 10 heavy (non-hydrogen) atoms. The SMILES string of the molecule is C1CCN(c2nnns2)C1. The van der Waals surface area contributed by atoms with Crippen molar-refractivity contribution in [3.05, 3.63) is 0 Å². The minimum Gasteiger partial charge on any atom is -0.345 e. The van der Waals surface area contributed by atoms with Crippen molar-refractivity contribution >= 4 is 16.7 Å². The molecule has 0 radical (unpaired) electrons. The summed E-state index contributed by atoms with van der Waals surface area (Å²) < 4.78 is 3.71. The smallest absolute Gasteiger partial charge is 0.227 e. The van der Waals surface area contributed by atoms with Gasteiger partial charge in [-0.25, -0.2) is 0 Å². The first-order valence-electron chi connectivity index (χ1n) is 3.37. The van der Waals surface area contributed by atoms with Crippen molar-refractivity contribution < 1.29 is 0 Å². The summed E-state index contributed by atoms with van der Waals surface area (Å²) in [4.78, 5) is 2.23. The minimum absolute atomic E-state index is 0.970. The lowest BCUT2D eigenvalue weighted by atomic mass is 10.4. The van der Waals surface area contributed by atoms with E-state index in [-0.39, 0.29) is 0 Å². The number of rotatable bonds is 1. The van der Waals surface area contributed by atoms with Crippen LogP contribution in [0.2, 0.25) is 0 Å². The summed E-state index contributed by atoms with van der Waals surface area (Å²) in [6.07, 6.45) is 2.55. The second kappa shape index (κ2) is 2.49. The third-order valence-electron chi connectivity index (χ3n) is 1.67. The molecule has 54 valence electrons. The molecule has 1 saturated heterocycles. The average molecular weight is 156 g/mol. The van der Waals surface area contributed by atoms with Gasteiger partial charge in [-0.2, -0.15) is 0 Å². The van der Waals surface area contributed by atoms with Crippen LogP contribution in [-0.4, -0.2) is 27.9 Å². The molecule has 5 heteroatoms. The van der Waals surface area contributed by atoms with Crippen molar-refractivity contribution in [3.8, 4) is 0 Å². The molecule has 1 aliphatic heterocycles. The van der Waals surface area contributed by atoms with Gasteiger partial charge in [-0.3, -0.25) is 0 Å². The fourth-order valence-electron chi connectivity index (χ4n) is 1.16. The third-order valence-corrected chi connectivity index (χ3v) is 2.32. The van der Waals surface area contributed by atoms with Crippen molar-refractivity contribution in [1.29, 1.82) is 0 Å². The van der Waals surface area contributed by atoms with Gasteiger partial charge in [0.05, 0.1) is 0 Å². The summed E-state index contributed by atoms with van der Waals surface area (Å²) in [5, 5.41) is 8.40. The molecule has 2 heterocycles. The lowest BCUT2D eigenvalue weighted by Crippen LogP contribution is -2.17. The van der Waals surface area contributed by atoms with Crippen LogP contribution in [0.25, 0.3) is 0 Å². The summed E-state index contributed by atoms with van der Waals surface area (Å²) in [6.45, 7) is 2.24. The average Bonchev–Trinajstić information content (AvgIpc) is 2.59. The van der Waals surface area contributed by atoms with E-state index in [1.165, 1.54) is 24.4 Å². The van der Waals surface area contributed by atoms with Crippen LogP contribution >= 0.6 is 11.5 Å². The molecule has 0 bridgehead atoms. The van der Waals surface area contributed by atoms with Crippen LogP contribution in [0.5, 0.6) is 0 Å². The second-order valence-corrected chi connectivity index (χ2v) is 3.05. The molecule has 0 aromatic carbocycles. The van der Waals surface area contributed by atoms with Crippen molar-refractivity contribution in [2.45, 2.75) is 12.8 Å². The van der Waals surface area contributed by atoms with E-state index in [1.54, 1.807) is 0 Å². The molecular formula is C5H8N4S. The van der Waals surface area contributed by atoms with E-state index < -0.39 is 0 Å².